The van der Waals surface area contributed by atoms with Crippen LogP contribution in [0.4, 0.5) is 5.69 Å². The Balaban J connectivity index is 2.02. The first-order chi connectivity index (χ1) is 8.61. The van der Waals surface area contributed by atoms with Gasteiger partial charge in [0.05, 0.1) is 18.0 Å². The molecule has 2 N–H and O–H groups in total. The number of anilines is 1. The maximum Gasteiger partial charge on any atom is 0.283 e. The number of aliphatic hydroxyl groups excluding tert-OH is 1. The zero-order chi connectivity index (χ0) is 13.1. The number of halogens is 1. The average Bonchev–Trinajstić information content (AvgIpc) is 2.77. The van der Waals surface area contributed by atoms with E-state index >= 15 is 0 Å². The van der Waals surface area contributed by atoms with E-state index in [-0.39, 0.29) is 11.7 Å². The highest BCUT2D eigenvalue weighted by molar-refractivity contribution is 9.10. The third-order valence-corrected chi connectivity index (χ3v) is 4.15. The van der Waals surface area contributed by atoms with Crippen molar-refractivity contribution in [3.8, 4) is 0 Å². The van der Waals surface area contributed by atoms with Crippen molar-refractivity contribution >= 4 is 21.6 Å². The summed E-state index contributed by atoms with van der Waals surface area (Å²) >= 11 is 3.31. The van der Waals surface area contributed by atoms with Crippen LogP contribution >= 0.6 is 15.9 Å². The summed E-state index contributed by atoms with van der Waals surface area (Å²) in [6.45, 7) is 3.22. The van der Waals surface area contributed by atoms with Crippen molar-refractivity contribution < 1.29 is 5.11 Å². The standard InChI is InChI=1S/C12H18BrN3O2/c1-2-16-12(18)11(13)10(7-15-16)14-6-8-3-4-9(17)5-8/h7-9,14,17H,2-6H2,1H3. The van der Waals surface area contributed by atoms with Crippen molar-refractivity contribution in [2.45, 2.75) is 38.8 Å². The highest BCUT2D eigenvalue weighted by atomic mass is 79.9. The lowest BCUT2D eigenvalue weighted by Gasteiger charge is -2.13. The summed E-state index contributed by atoms with van der Waals surface area (Å²) in [6.07, 6.45) is 4.25. The van der Waals surface area contributed by atoms with Crippen LogP contribution in [0.1, 0.15) is 26.2 Å². The molecule has 6 heteroatoms. The molecular weight excluding hydrogens is 298 g/mol. The summed E-state index contributed by atoms with van der Waals surface area (Å²) in [5, 5.41) is 16.8. The van der Waals surface area contributed by atoms with Crippen LogP contribution in [0.25, 0.3) is 0 Å². The van der Waals surface area contributed by atoms with Gasteiger partial charge in [0, 0.05) is 13.1 Å². The molecule has 2 unspecified atom stereocenters. The van der Waals surface area contributed by atoms with Crippen molar-refractivity contribution in [2.24, 2.45) is 5.92 Å². The third kappa shape index (κ3) is 2.92. The van der Waals surface area contributed by atoms with E-state index in [1.165, 1.54) is 4.68 Å². The molecule has 0 aliphatic heterocycles. The minimum Gasteiger partial charge on any atom is -0.393 e. The predicted octanol–water partition coefficient (Wildman–Crippen LogP) is 1.60. The molecule has 18 heavy (non-hydrogen) atoms. The molecule has 2 atom stereocenters. The van der Waals surface area contributed by atoms with Gasteiger partial charge >= 0.3 is 0 Å². The van der Waals surface area contributed by atoms with Crippen molar-refractivity contribution in [2.75, 3.05) is 11.9 Å². The Morgan fingerprint density at radius 2 is 2.39 bits per heavy atom. The first-order valence-corrected chi connectivity index (χ1v) is 7.08. The average molecular weight is 316 g/mol. The van der Waals surface area contributed by atoms with Crippen LogP contribution in [0, 0.1) is 5.92 Å². The van der Waals surface area contributed by atoms with E-state index < -0.39 is 0 Å². The Hall–Kier alpha value is -0.880. The molecule has 1 aromatic heterocycles. The first kappa shape index (κ1) is 13.5. The van der Waals surface area contributed by atoms with Crippen molar-refractivity contribution in [3.63, 3.8) is 0 Å². The van der Waals surface area contributed by atoms with Crippen LogP contribution in [-0.4, -0.2) is 27.5 Å². The van der Waals surface area contributed by atoms with Crippen LogP contribution in [0.5, 0.6) is 0 Å². The molecule has 0 amide bonds. The fourth-order valence-electron chi connectivity index (χ4n) is 2.30. The maximum atomic E-state index is 11.8. The second-order valence-electron chi connectivity index (χ2n) is 4.71. The highest BCUT2D eigenvalue weighted by Crippen LogP contribution is 2.26. The molecule has 1 aliphatic rings. The largest absolute Gasteiger partial charge is 0.393 e. The number of nitrogens with one attached hydrogen (secondary N) is 1. The van der Waals surface area contributed by atoms with Gasteiger partial charge in [-0.3, -0.25) is 4.79 Å². The summed E-state index contributed by atoms with van der Waals surface area (Å²) in [6, 6.07) is 0. The summed E-state index contributed by atoms with van der Waals surface area (Å²) in [5.41, 5.74) is 0.611. The van der Waals surface area contributed by atoms with Gasteiger partial charge in [-0.25, -0.2) is 4.68 Å². The van der Waals surface area contributed by atoms with E-state index in [1.807, 2.05) is 6.92 Å². The Labute approximate surface area is 114 Å². The molecule has 1 aromatic rings. The van der Waals surface area contributed by atoms with Gasteiger partial charge in [-0.1, -0.05) is 0 Å². The van der Waals surface area contributed by atoms with Gasteiger partial charge in [0.15, 0.2) is 0 Å². The van der Waals surface area contributed by atoms with E-state index in [2.05, 4.69) is 26.3 Å². The predicted molar refractivity (Wildman–Crippen MR) is 73.7 cm³/mol. The van der Waals surface area contributed by atoms with Crippen molar-refractivity contribution in [1.29, 1.82) is 0 Å². The molecule has 5 nitrogen and oxygen atoms in total. The van der Waals surface area contributed by atoms with Gasteiger partial charge in [0.1, 0.15) is 4.47 Å². The van der Waals surface area contributed by atoms with E-state index in [0.717, 1.165) is 31.5 Å². The van der Waals surface area contributed by atoms with Crippen molar-refractivity contribution in [3.05, 3.63) is 21.0 Å². The van der Waals surface area contributed by atoms with Gasteiger partial charge in [0.2, 0.25) is 0 Å². The van der Waals surface area contributed by atoms with Crippen molar-refractivity contribution in [1.82, 2.24) is 9.78 Å². The number of aliphatic hydroxyl groups is 1. The third-order valence-electron chi connectivity index (χ3n) is 3.38. The Morgan fingerprint density at radius 1 is 1.61 bits per heavy atom. The van der Waals surface area contributed by atoms with Crippen LogP contribution in [0.15, 0.2) is 15.5 Å². The molecule has 2 rings (SSSR count). The number of nitrogens with zero attached hydrogens (tertiary/aromatic N) is 2. The van der Waals surface area contributed by atoms with Gasteiger partial charge < -0.3 is 10.4 Å². The number of hydrogen-bond acceptors (Lipinski definition) is 4. The normalized spacial score (nSPS) is 23.3. The molecule has 0 spiro atoms. The van der Waals surface area contributed by atoms with Crippen LogP contribution in [-0.2, 0) is 6.54 Å². The van der Waals surface area contributed by atoms with Crippen LogP contribution in [0.2, 0.25) is 0 Å². The maximum absolute atomic E-state index is 11.8. The Morgan fingerprint density at radius 3 is 3.00 bits per heavy atom. The number of aromatic nitrogens is 2. The summed E-state index contributed by atoms with van der Waals surface area (Å²) in [7, 11) is 0. The molecular formula is C12H18BrN3O2. The topological polar surface area (TPSA) is 67.2 Å². The smallest absolute Gasteiger partial charge is 0.283 e. The molecule has 0 radical (unpaired) electrons. The Bertz CT molecular complexity index is 475. The molecule has 0 aromatic carbocycles. The first-order valence-electron chi connectivity index (χ1n) is 6.29. The van der Waals surface area contributed by atoms with E-state index in [0.29, 0.717) is 16.9 Å². The van der Waals surface area contributed by atoms with E-state index in [1.54, 1.807) is 6.20 Å². The number of rotatable bonds is 4. The lowest BCUT2D eigenvalue weighted by atomic mass is 10.1. The monoisotopic (exact) mass is 315 g/mol. The fourth-order valence-corrected chi connectivity index (χ4v) is 2.75. The molecule has 1 aliphatic carbocycles. The molecule has 1 heterocycles. The molecule has 1 saturated carbocycles. The van der Waals surface area contributed by atoms with E-state index in [4.69, 9.17) is 0 Å². The molecule has 0 bridgehead atoms. The van der Waals surface area contributed by atoms with Crippen LogP contribution < -0.4 is 10.9 Å². The lowest BCUT2D eigenvalue weighted by Crippen LogP contribution is -2.24. The van der Waals surface area contributed by atoms with Gasteiger partial charge in [-0.2, -0.15) is 5.10 Å². The lowest BCUT2D eigenvalue weighted by molar-refractivity contribution is 0.178. The van der Waals surface area contributed by atoms with E-state index in [9.17, 15) is 9.90 Å². The molecule has 1 fully saturated rings. The number of hydrogen-bond donors (Lipinski definition) is 2. The van der Waals surface area contributed by atoms with Crippen LogP contribution in [0.3, 0.4) is 0 Å². The van der Waals surface area contributed by atoms with Gasteiger partial charge in [-0.05, 0) is 48.0 Å². The fraction of sp³-hybridized carbons (Fsp3) is 0.667. The minimum absolute atomic E-state index is 0.117. The zero-order valence-electron chi connectivity index (χ0n) is 10.4. The zero-order valence-corrected chi connectivity index (χ0v) is 12.0. The summed E-state index contributed by atoms with van der Waals surface area (Å²) < 4.78 is 1.94. The Kier molecular flexibility index (Phi) is 4.40. The number of aryl methyl sites for hydroxylation is 1. The second kappa shape index (κ2) is 5.84. The molecule has 100 valence electrons. The second-order valence-corrected chi connectivity index (χ2v) is 5.50. The quantitative estimate of drug-likeness (QED) is 0.885. The highest BCUT2D eigenvalue weighted by Gasteiger charge is 2.22. The SMILES string of the molecule is CCn1ncc(NCC2CCC(O)C2)c(Br)c1=O. The summed E-state index contributed by atoms with van der Waals surface area (Å²) in [4.78, 5) is 11.8. The summed E-state index contributed by atoms with van der Waals surface area (Å²) in [5.74, 6) is 0.473. The van der Waals surface area contributed by atoms with Gasteiger partial charge in [0.25, 0.3) is 5.56 Å². The minimum atomic E-state index is -0.161. The van der Waals surface area contributed by atoms with Gasteiger partial charge in [-0.15, -0.1) is 0 Å². The molecule has 0 saturated heterocycles.